The van der Waals surface area contributed by atoms with E-state index in [1.807, 2.05) is 48.2 Å². The number of aromatic nitrogens is 2. The highest BCUT2D eigenvalue weighted by Crippen LogP contribution is 2.38. The smallest absolute Gasteiger partial charge is 0.274 e. The molecule has 1 aromatic heterocycles. The summed E-state index contributed by atoms with van der Waals surface area (Å²) in [5.41, 5.74) is 4.20. The monoisotopic (exact) mass is 627 g/mol. The highest BCUT2D eigenvalue weighted by atomic mass is 16.5. The average Bonchev–Trinajstić information content (AvgIpc) is 3.46. The van der Waals surface area contributed by atoms with Crippen LogP contribution in [0.5, 0.6) is 11.5 Å². The normalized spacial score (nSPS) is 22.5. The number of carbonyl (C=O) groups is 3. The Morgan fingerprint density at radius 2 is 1.78 bits per heavy atom. The van der Waals surface area contributed by atoms with E-state index in [4.69, 9.17) is 14.5 Å². The van der Waals surface area contributed by atoms with E-state index in [1.54, 1.807) is 14.2 Å². The second kappa shape index (κ2) is 14.0. The van der Waals surface area contributed by atoms with Gasteiger partial charge in [-0.3, -0.25) is 14.4 Å². The van der Waals surface area contributed by atoms with E-state index in [1.165, 1.54) is 0 Å². The third kappa shape index (κ3) is 6.76. The Balaban J connectivity index is 1.22. The lowest BCUT2D eigenvalue weighted by Crippen LogP contribution is -2.60. The van der Waals surface area contributed by atoms with Crippen molar-refractivity contribution in [3.63, 3.8) is 0 Å². The van der Waals surface area contributed by atoms with E-state index in [-0.39, 0.29) is 35.6 Å². The van der Waals surface area contributed by atoms with Crippen molar-refractivity contribution >= 4 is 17.7 Å². The first kappa shape index (κ1) is 31.6. The fraction of sp³-hybridized carbons (Fsp3) is 0.500. The molecule has 10 heteroatoms. The molecule has 4 heterocycles. The molecule has 0 aliphatic carbocycles. The van der Waals surface area contributed by atoms with Crippen molar-refractivity contribution in [1.29, 1.82) is 0 Å². The van der Waals surface area contributed by atoms with Gasteiger partial charge in [0.15, 0.2) is 11.5 Å². The minimum Gasteiger partial charge on any atom is -0.493 e. The summed E-state index contributed by atoms with van der Waals surface area (Å²) in [6.45, 7) is 4.26. The first-order chi connectivity index (χ1) is 22.3. The molecule has 4 bridgehead atoms. The van der Waals surface area contributed by atoms with Crippen LogP contribution in [0.15, 0.2) is 42.5 Å². The van der Waals surface area contributed by atoms with Crippen LogP contribution >= 0.6 is 0 Å². The summed E-state index contributed by atoms with van der Waals surface area (Å²) in [5, 5.41) is 3.07. The van der Waals surface area contributed by atoms with Gasteiger partial charge in [0, 0.05) is 56.3 Å². The van der Waals surface area contributed by atoms with Gasteiger partial charge in [0.25, 0.3) is 5.91 Å². The molecule has 6 rings (SSSR count). The number of H-pyrrole nitrogens is 1. The molecule has 3 aromatic rings. The van der Waals surface area contributed by atoms with Gasteiger partial charge >= 0.3 is 0 Å². The zero-order chi connectivity index (χ0) is 32.2. The maximum Gasteiger partial charge on any atom is 0.274 e. The SMILES string of the molecule is COc1cc2cc(c1OC)CCCNC(=O)CCC[C@H]1[C@H]3C[C@@H](CN(C(=O)c4nc(-c5ccccc5)[nH]c4C)C3)CN1C(=O)CC2. The van der Waals surface area contributed by atoms with E-state index in [0.29, 0.717) is 74.9 Å². The number of rotatable bonds is 4. The Bertz CT molecular complexity index is 1570. The fourth-order valence-electron chi connectivity index (χ4n) is 7.62. The number of nitrogens with zero attached hydrogens (tertiary/aromatic N) is 3. The number of aromatic amines is 1. The molecule has 2 saturated heterocycles. The number of carbonyl (C=O) groups excluding carboxylic acids is 3. The number of hydrogen-bond donors (Lipinski definition) is 2. The van der Waals surface area contributed by atoms with Crippen molar-refractivity contribution in [3.05, 3.63) is 65.0 Å². The quantitative estimate of drug-likeness (QED) is 0.438. The van der Waals surface area contributed by atoms with Crippen molar-refractivity contribution in [2.24, 2.45) is 11.8 Å². The van der Waals surface area contributed by atoms with Crippen molar-refractivity contribution in [2.75, 3.05) is 40.4 Å². The van der Waals surface area contributed by atoms with E-state index in [2.05, 4.69) is 21.3 Å². The van der Waals surface area contributed by atoms with Crippen LogP contribution in [-0.4, -0.2) is 83.9 Å². The van der Waals surface area contributed by atoms with Gasteiger partial charge in [0.2, 0.25) is 11.8 Å². The zero-order valence-electron chi connectivity index (χ0n) is 27.1. The first-order valence-corrected chi connectivity index (χ1v) is 16.6. The molecular weight excluding hydrogens is 582 g/mol. The molecule has 46 heavy (non-hydrogen) atoms. The predicted molar refractivity (Wildman–Crippen MR) is 175 cm³/mol. The summed E-state index contributed by atoms with van der Waals surface area (Å²) in [6.07, 6.45) is 5.32. The van der Waals surface area contributed by atoms with Crippen molar-refractivity contribution in [1.82, 2.24) is 25.1 Å². The average molecular weight is 628 g/mol. The van der Waals surface area contributed by atoms with E-state index in [0.717, 1.165) is 48.1 Å². The molecule has 10 nitrogen and oxygen atoms in total. The van der Waals surface area contributed by atoms with Gasteiger partial charge < -0.3 is 29.6 Å². The van der Waals surface area contributed by atoms with Crippen LogP contribution in [0.3, 0.4) is 0 Å². The molecule has 0 spiro atoms. The zero-order valence-corrected chi connectivity index (χ0v) is 27.1. The Morgan fingerprint density at radius 3 is 2.57 bits per heavy atom. The molecular formula is C36H45N5O5. The molecule has 3 aliphatic heterocycles. The summed E-state index contributed by atoms with van der Waals surface area (Å²) in [6, 6.07) is 13.9. The van der Waals surface area contributed by atoms with Crippen molar-refractivity contribution < 1.29 is 23.9 Å². The molecule has 3 amide bonds. The summed E-state index contributed by atoms with van der Waals surface area (Å²) < 4.78 is 11.3. The third-order valence-electron chi connectivity index (χ3n) is 9.80. The van der Waals surface area contributed by atoms with Gasteiger partial charge in [-0.1, -0.05) is 36.4 Å². The van der Waals surface area contributed by atoms with Crippen molar-refractivity contribution in [3.8, 4) is 22.9 Å². The summed E-state index contributed by atoms with van der Waals surface area (Å²) >= 11 is 0. The molecule has 0 unspecified atom stereocenters. The molecule has 244 valence electrons. The summed E-state index contributed by atoms with van der Waals surface area (Å²) in [4.78, 5) is 52.6. The minimum absolute atomic E-state index is 0.0267. The highest BCUT2D eigenvalue weighted by Gasteiger charge is 2.44. The number of methoxy groups -OCH3 is 2. The molecule has 3 atom stereocenters. The van der Waals surface area contributed by atoms with Gasteiger partial charge in [-0.15, -0.1) is 0 Å². The summed E-state index contributed by atoms with van der Waals surface area (Å²) in [5.74, 6) is 2.47. The van der Waals surface area contributed by atoms with Gasteiger partial charge in [-0.2, -0.15) is 0 Å². The lowest BCUT2D eigenvalue weighted by atomic mass is 9.77. The van der Waals surface area contributed by atoms with Crippen LogP contribution in [-0.2, 0) is 22.4 Å². The Morgan fingerprint density at radius 1 is 0.957 bits per heavy atom. The number of imidazole rings is 1. The first-order valence-electron chi connectivity index (χ1n) is 16.6. The number of hydrogen-bond acceptors (Lipinski definition) is 6. The minimum atomic E-state index is -0.0674. The topological polar surface area (TPSA) is 117 Å². The Labute approximate surface area is 270 Å². The van der Waals surface area contributed by atoms with Crippen LogP contribution in [0.25, 0.3) is 11.4 Å². The predicted octanol–water partition coefficient (Wildman–Crippen LogP) is 4.56. The van der Waals surface area contributed by atoms with E-state index in [9.17, 15) is 14.4 Å². The number of likely N-dealkylation sites (tertiary alicyclic amines) is 1. The number of ether oxygens (including phenoxy) is 2. The Hall–Kier alpha value is -4.34. The highest BCUT2D eigenvalue weighted by molar-refractivity contribution is 5.94. The fourth-order valence-corrected chi connectivity index (χ4v) is 7.62. The number of nitrogens with one attached hydrogen (secondary N) is 2. The number of piperidine rings is 2. The third-order valence-corrected chi connectivity index (χ3v) is 9.80. The van der Waals surface area contributed by atoms with Gasteiger partial charge in [-0.05, 0) is 74.5 Å². The number of amides is 3. The molecule has 3 aliphatic rings. The Kier molecular flexibility index (Phi) is 9.61. The molecule has 2 fully saturated rings. The number of fused-ring (bicyclic) bond motifs is 6. The second-order valence-corrected chi connectivity index (χ2v) is 12.9. The lowest BCUT2D eigenvalue weighted by Gasteiger charge is -2.51. The lowest BCUT2D eigenvalue weighted by molar-refractivity contribution is -0.140. The van der Waals surface area contributed by atoms with Crippen LogP contribution in [0, 0.1) is 18.8 Å². The molecule has 2 aromatic carbocycles. The molecule has 0 saturated carbocycles. The summed E-state index contributed by atoms with van der Waals surface area (Å²) in [7, 11) is 3.27. The van der Waals surface area contributed by atoms with E-state index >= 15 is 0 Å². The molecule has 0 radical (unpaired) electrons. The second-order valence-electron chi connectivity index (χ2n) is 12.9. The molecule has 2 N–H and O–H groups in total. The number of aryl methyl sites for hydroxylation is 3. The maximum absolute atomic E-state index is 13.9. The van der Waals surface area contributed by atoms with Crippen LogP contribution in [0.4, 0.5) is 0 Å². The maximum atomic E-state index is 13.9. The van der Waals surface area contributed by atoms with Gasteiger partial charge in [-0.25, -0.2) is 4.98 Å². The largest absolute Gasteiger partial charge is 0.493 e. The van der Waals surface area contributed by atoms with Gasteiger partial charge in [0.05, 0.1) is 14.2 Å². The van der Waals surface area contributed by atoms with Crippen LogP contribution < -0.4 is 14.8 Å². The van der Waals surface area contributed by atoms with Crippen LogP contribution in [0.1, 0.15) is 65.8 Å². The standard InChI is InChI=1S/C36H45N5O5/c1-23-33(39-35(38-23)26-9-5-4-6-10-26)36(44)40-20-25-18-28(22-40)29-12-7-13-31(42)37-16-8-11-27-17-24(14-15-32(43)41(29)21-25)19-30(45-2)34(27)46-3/h4-6,9-10,17,19,25,28-29H,7-8,11-16,18,20-22H2,1-3H3,(H,37,42)(H,38,39)/t25-,28-,29-/m0/s1. The van der Waals surface area contributed by atoms with E-state index < -0.39 is 0 Å². The van der Waals surface area contributed by atoms with Crippen molar-refractivity contribution in [2.45, 2.75) is 64.3 Å². The van der Waals surface area contributed by atoms with Crippen LogP contribution in [0.2, 0.25) is 0 Å². The van der Waals surface area contributed by atoms with Gasteiger partial charge in [0.1, 0.15) is 11.5 Å². The number of benzene rings is 2.